The maximum atomic E-state index is 12.2. The van der Waals surface area contributed by atoms with Gasteiger partial charge in [0, 0.05) is 20.0 Å². The summed E-state index contributed by atoms with van der Waals surface area (Å²) in [6.07, 6.45) is 0. The fourth-order valence-electron chi connectivity index (χ4n) is 1.88. The summed E-state index contributed by atoms with van der Waals surface area (Å²) in [5.41, 5.74) is 6.78. The van der Waals surface area contributed by atoms with E-state index in [-0.39, 0.29) is 17.7 Å². The molecule has 2 rings (SSSR count). The molecule has 0 saturated heterocycles. The SMILES string of the molecule is CC(=O)NCCNC(=O)c1ccc(C(=O)Nc2ccccc2N)s1. The van der Waals surface area contributed by atoms with Crippen LogP contribution in [-0.2, 0) is 4.79 Å². The maximum absolute atomic E-state index is 12.2. The molecule has 0 aliphatic carbocycles. The van der Waals surface area contributed by atoms with E-state index < -0.39 is 0 Å². The van der Waals surface area contributed by atoms with Crippen LogP contribution in [0.1, 0.15) is 26.3 Å². The molecule has 8 heteroatoms. The Morgan fingerprint density at radius 1 is 0.958 bits per heavy atom. The van der Waals surface area contributed by atoms with Crippen LogP contribution in [0.15, 0.2) is 36.4 Å². The summed E-state index contributed by atoms with van der Waals surface area (Å²) >= 11 is 1.09. The Kier molecular flexibility index (Phi) is 5.91. The Labute approximate surface area is 143 Å². The first-order chi connectivity index (χ1) is 11.5. The topological polar surface area (TPSA) is 113 Å². The van der Waals surface area contributed by atoms with Crippen molar-refractivity contribution in [2.45, 2.75) is 6.92 Å². The Balaban J connectivity index is 1.92. The zero-order valence-electron chi connectivity index (χ0n) is 13.1. The number of para-hydroxylation sites is 2. The second-order valence-corrected chi connectivity index (χ2v) is 6.03. The molecule has 1 aromatic carbocycles. The van der Waals surface area contributed by atoms with Gasteiger partial charge in [0.15, 0.2) is 0 Å². The number of rotatable bonds is 6. The third kappa shape index (κ3) is 4.82. The molecule has 0 radical (unpaired) electrons. The van der Waals surface area contributed by atoms with Crippen LogP contribution in [0.3, 0.4) is 0 Å². The lowest BCUT2D eigenvalue weighted by atomic mass is 10.2. The summed E-state index contributed by atoms with van der Waals surface area (Å²) in [7, 11) is 0. The number of carbonyl (C=O) groups is 3. The van der Waals surface area contributed by atoms with Gasteiger partial charge >= 0.3 is 0 Å². The van der Waals surface area contributed by atoms with Crippen molar-refractivity contribution in [3.05, 3.63) is 46.2 Å². The van der Waals surface area contributed by atoms with E-state index in [2.05, 4.69) is 16.0 Å². The average Bonchev–Trinajstić information content (AvgIpc) is 3.03. The average molecular weight is 346 g/mol. The van der Waals surface area contributed by atoms with Gasteiger partial charge < -0.3 is 21.7 Å². The van der Waals surface area contributed by atoms with Crippen LogP contribution >= 0.6 is 11.3 Å². The zero-order valence-corrected chi connectivity index (χ0v) is 13.9. The van der Waals surface area contributed by atoms with Crippen molar-refractivity contribution in [1.82, 2.24) is 10.6 Å². The number of amides is 3. The molecule has 0 bridgehead atoms. The Morgan fingerprint density at radius 3 is 2.25 bits per heavy atom. The number of nitrogen functional groups attached to an aromatic ring is 1. The van der Waals surface area contributed by atoms with Gasteiger partial charge in [0.1, 0.15) is 0 Å². The molecule has 24 heavy (non-hydrogen) atoms. The van der Waals surface area contributed by atoms with E-state index in [1.54, 1.807) is 36.4 Å². The van der Waals surface area contributed by atoms with Crippen LogP contribution in [-0.4, -0.2) is 30.8 Å². The second-order valence-electron chi connectivity index (χ2n) is 4.94. The van der Waals surface area contributed by atoms with Crippen LogP contribution in [0.2, 0.25) is 0 Å². The summed E-state index contributed by atoms with van der Waals surface area (Å²) in [6, 6.07) is 10.1. The van der Waals surface area contributed by atoms with Crippen LogP contribution in [0.25, 0.3) is 0 Å². The number of thiophene rings is 1. The summed E-state index contributed by atoms with van der Waals surface area (Å²) in [4.78, 5) is 35.7. The lowest BCUT2D eigenvalue weighted by Crippen LogP contribution is -2.33. The number of hydrogen-bond donors (Lipinski definition) is 4. The first-order valence-corrected chi connectivity index (χ1v) is 8.07. The molecular formula is C16H18N4O3S. The molecular weight excluding hydrogens is 328 g/mol. The molecule has 0 unspecified atom stereocenters. The highest BCUT2D eigenvalue weighted by Gasteiger charge is 2.14. The number of benzene rings is 1. The van der Waals surface area contributed by atoms with E-state index in [1.165, 1.54) is 6.92 Å². The summed E-state index contributed by atoms with van der Waals surface area (Å²) < 4.78 is 0. The van der Waals surface area contributed by atoms with Crippen molar-refractivity contribution in [1.29, 1.82) is 0 Å². The lowest BCUT2D eigenvalue weighted by Gasteiger charge is -2.06. The van der Waals surface area contributed by atoms with Gasteiger partial charge in [0.2, 0.25) is 5.91 Å². The van der Waals surface area contributed by atoms with Gasteiger partial charge in [-0.2, -0.15) is 0 Å². The fourth-order valence-corrected chi connectivity index (χ4v) is 2.70. The van der Waals surface area contributed by atoms with Crippen molar-refractivity contribution in [3.8, 4) is 0 Å². The van der Waals surface area contributed by atoms with E-state index in [1.807, 2.05) is 0 Å². The fraction of sp³-hybridized carbons (Fsp3) is 0.188. The number of anilines is 2. The van der Waals surface area contributed by atoms with E-state index in [4.69, 9.17) is 5.73 Å². The van der Waals surface area contributed by atoms with Gasteiger partial charge in [-0.1, -0.05) is 12.1 Å². The van der Waals surface area contributed by atoms with E-state index >= 15 is 0 Å². The highest BCUT2D eigenvalue weighted by Crippen LogP contribution is 2.21. The van der Waals surface area contributed by atoms with Gasteiger partial charge in [-0.05, 0) is 24.3 Å². The van der Waals surface area contributed by atoms with Crippen molar-refractivity contribution in [2.75, 3.05) is 24.1 Å². The molecule has 126 valence electrons. The molecule has 3 amide bonds. The van der Waals surface area contributed by atoms with Crippen LogP contribution < -0.4 is 21.7 Å². The molecule has 1 heterocycles. The normalized spacial score (nSPS) is 10.0. The molecule has 0 fully saturated rings. The Hall–Kier alpha value is -2.87. The molecule has 1 aromatic heterocycles. The highest BCUT2D eigenvalue weighted by atomic mass is 32.1. The molecule has 0 aliphatic heterocycles. The quantitative estimate of drug-likeness (QED) is 0.468. The summed E-state index contributed by atoms with van der Waals surface area (Å²) in [5.74, 6) is -0.765. The highest BCUT2D eigenvalue weighted by molar-refractivity contribution is 7.16. The lowest BCUT2D eigenvalue weighted by molar-refractivity contribution is -0.118. The Bertz CT molecular complexity index is 757. The second kappa shape index (κ2) is 8.11. The standard InChI is InChI=1S/C16H18N4O3S/c1-10(21)18-8-9-19-15(22)13-6-7-14(24-13)16(23)20-12-5-3-2-4-11(12)17/h2-7H,8-9,17H2,1H3,(H,18,21)(H,19,22)(H,20,23). The van der Waals surface area contributed by atoms with Crippen molar-refractivity contribution in [2.24, 2.45) is 0 Å². The van der Waals surface area contributed by atoms with Crippen LogP contribution in [0.4, 0.5) is 11.4 Å². The molecule has 0 aliphatic rings. The minimum absolute atomic E-state index is 0.153. The van der Waals surface area contributed by atoms with Crippen LogP contribution in [0, 0.1) is 0 Å². The number of carbonyl (C=O) groups excluding carboxylic acids is 3. The molecule has 5 N–H and O–H groups in total. The zero-order chi connectivity index (χ0) is 17.5. The monoisotopic (exact) mass is 346 g/mol. The number of nitrogens with two attached hydrogens (primary N) is 1. The predicted molar refractivity (Wildman–Crippen MR) is 94.1 cm³/mol. The van der Waals surface area contributed by atoms with Gasteiger partial charge in [0.05, 0.1) is 21.1 Å². The first kappa shape index (κ1) is 17.5. The number of hydrogen-bond acceptors (Lipinski definition) is 5. The first-order valence-electron chi connectivity index (χ1n) is 7.25. The summed E-state index contributed by atoms with van der Waals surface area (Å²) in [5, 5.41) is 7.96. The van der Waals surface area contributed by atoms with Crippen molar-refractivity contribution in [3.63, 3.8) is 0 Å². The van der Waals surface area contributed by atoms with Crippen molar-refractivity contribution < 1.29 is 14.4 Å². The summed E-state index contributed by atoms with van der Waals surface area (Å²) in [6.45, 7) is 2.08. The van der Waals surface area contributed by atoms with Crippen LogP contribution in [0.5, 0.6) is 0 Å². The van der Waals surface area contributed by atoms with Gasteiger partial charge in [0.25, 0.3) is 11.8 Å². The van der Waals surface area contributed by atoms with E-state index in [0.29, 0.717) is 34.2 Å². The number of nitrogens with one attached hydrogen (secondary N) is 3. The van der Waals surface area contributed by atoms with E-state index in [9.17, 15) is 14.4 Å². The third-order valence-electron chi connectivity index (χ3n) is 3.05. The molecule has 7 nitrogen and oxygen atoms in total. The third-order valence-corrected chi connectivity index (χ3v) is 4.13. The molecule has 0 saturated carbocycles. The van der Waals surface area contributed by atoms with Gasteiger partial charge in [-0.15, -0.1) is 11.3 Å². The minimum atomic E-state index is -0.324. The van der Waals surface area contributed by atoms with Crippen molar-refractivity contribution >= 4 is 40.4 Å². The molecule has 0 spiro atoms. The Morgan fingerprint density at radius 2 is 1.58 bits per heavy atom. The van der Waals surface area contributed by atoms with Gasteiger partial charge in [-0.25, -0.2) is 0 Å². The minimum Gasteiger partial charge on any atom is -0.397 e. The van der Waals surface area contributed by atoms with E-state index in [0.717, 1.165) is 11.3 Å². The largest absolute Gasteiger partial charge is 0.397 e. The maximum Gasteiger partial charge on any atom is 0.265 e. The molecule has 0 atom stereocenters. The molecule has 2 aromatic rings. The van der Waals surface area contributed by atoms with Gasteiger partial charge in [-0.3, -0.25) is 14.4 Å². The smallest absolute Gasteiger partial charge is 0.265 e. The predicted octanol–water partition coefficient (Wildman–Crippen LogP) is 1.45.